The van der Waals surface area contributed by atoms with Crippen LogP contribution in [0.15, 0.2) is 18.2 Å². The van der Waals surface area contributed by atoms with Crippen LogP contribution in [-0.2, 0) is 30.2 Å². The Morgan fingerprint density at radius 1 is 0.767 bits per heavy atom. The van der Waals surface area contributed by atoms with E-state index >= 15 is 0 Å². The maximum atomic E-state index is 12.4. The number of ether oxygens (including phenoxy) is 6. The number of carbonyl (C=O) groups is 4. The minimum atomic E-state index is -1.91. The minimum Gasteiger partial charge on any atom is -0.480 e. The predicted octanol–water partition coefficient (Wildman–Crippen LogP) is 6.64. The molecule has 0 aromatic heterocycles. The molecular formula is C31H49NO11. The Morgan fingerprint density at radius 3 is 1.77 bits per heavy atom. The highest BCUT2D eigenvalue weighted by Gasteiger charge is 2.44. The highest BCUT2D eigenvalue weighted by Crippen LogP contribution is 2.33. The maximum absolute atomic E-state index is 12.4. The Morgan fingerprint density at radius 2 is 1.28 bits per heavy atom. The van der Waals surface area contributed by atoms with Crippen LogP contribution in [0.3, 0.4) is 0 Å². The van der Waals surface area contributed by atoms with Crippen molar-refractivity contribution in [1.29, 1.82) is 0 Å². The molecule has 0 fully saturated rings. The molecule has 0 saturated carbocycles. The van der Waals surface area contributed by atoms with Gasteiger partial charge in [-0.05, 0) is 50.3 Å². The van der Waals surface area contributed by atoms with Crippen molar-refractivity contribution < 1.29 is 52.7 Å². The minimum absolute atomic E-state index is 0.0628. The summed E-state index contributed by atoms with van der Waals surface area (Å²) in [6.45, 7) is 12.9. The highest BCUT2D eigenvalue weighted by molar-refractivity contribution is 5.80. The number of aliphatic carboxylic acids is 1. The molecule has 0 aliphatic carbocycles. The van der Waals surface area contributed by atoms with Gasteiger partial charge in [0, 0.05) is 12.3 Å². The number of benzene rings is 1. The summed E-state index contributed by atoms with van der Waals surface area (Å²) < 4.78 is 31.4. The summed E-state index contributed by atoms with van der Waals surface area (Å²) in [7, 11) is 0. The van der Waals surface area contributed by atoms with E-state index in [1.54, 1.807) is 13.8 Å². The van der Waals surface area contributed by atoms with Gasteiger partial charge in [0.1, 0.15) is 17.7 Å². The van der Waals surface area contributed by atoms with Crippen LogP contribution >= 0.6 is 0 Å². The molecule has 12 heteroatoms. The van der Waals surface area contributed by atoms with E-state index in [1.165, 1.54) is 25.1 Å². The Balaban J connectivity index is 3.17. The quantitative estimate of drug-likeness (QED) is 0.0785. The van der Waals surface area contributed by atoms with E-state index in [-0.39, 0.29) is 37.1 Å². The van der Waals surface area contributed by atoms with Crippen LogP contribution in [-0.4, -0.2) is 60.5 Å². The van der Waals surface area contributed by atoms with Crippen molar-refractivity contribution in [3.63, 3.8) is 0 Å². The molecule has 0 bridgehead atoms. The highest BCUT2D eigenvalue weighted by atomic mass is 16.7. The molecule has 0 saturated heterocycles. The lowest BCUT2D eigenvalue weighted by Gasteiger charge is -2.35. The summed E-state index contributed by atoms with van der Waals surface area (Å²) in [5, 5.41) is 10.1. The molecule has 0 heterocycles. The molecule has 0 spiro atoms. The third-order valence-electron chi connectivity index (χ3n) is 7.24. The molecular weight excluding hydrogens is 562 g/mol. The summed E-state index contributed by atoms with van der Waals surface area (Å²) >= 11 is 0. The largest absolute Gasteiger partial charge is 0.513 e. The fourth-order valence-corrected chi connectivity index (χ4v) is 3.84. The molecule has 244 valence electrons. The molecule has 1 unspecified atom stereocenters. The first-order valence-electron chi connectivity index (χ1n) is 15.0. The first-order valence-corrected chi connectivity index (χ1v) is 15.0. The third-order valence-corrected chi connectivity index (χ3v) is 7.24. The molecule has 12 nitrogen and oxygen atoms in total. The van der Waals surface area contributed by atoms with Gasteiger partial charge in [-0.15, -0.1) is 0 Å². The second-order valence-corrected chi connectivity index (χ2v) is 11.0. The number of rotatable bonds is 18. The summed E-state index contributed by atoms with van der Waals surface area (Å²) in [5.41, 5.74) is 4.85. The monoisotopic (exact) mass is 611 g/mol. The second kappa shape index (κ2) is 18.9. The summed E-state index contributed by atoms with van der Waals surface area (Å²) in [6.07, 6.45) is 0.437. The summed E-state index contributed by atoms with van der Waals surface area (Å²) in [6, 6.07) is 4.18. The molecule has 0 radical (unpaired) electrons. The molecule has 0 amide bonds. The predicted molar refractivity (Wildman–Crippen MR) is 158 cm³/mol. The van der Waals surface area contributed by atoms with Gasteiger partial charge in [0.05, 0.1) is 13.2 Å². The first kappa shape index (κ1) is 37.5. The van der Waals surface area contributed by atoms with E-state index in [1.807, 2.05) is 27.7 Å². The lowest BCUT2D eigenvalue weighted by atomic mass is 9.78. The van der Waals surface area contributed by atoms with Crippen LogP contribution in [0.25, 0.3) is 0 Å². The molecule has 1 aromatic carbocycles. The maximum Gasteiger partial charge on any atom is 0.513 e. The molecule has 43 heavy (non-hydrogen) atoms. The van der Waals surface area contributed by atoms with Gasteiger partial charge in [-0.1, -0.05) is 66.4 Å². The van der Waals surface area contributed by atoms with Gasteiger partial charge in [0.15, 0.2) is 11.5 Å². The normalized spacial score (nSPS) is 14.5. The first-order chi connectivity index (χ1) is 20.2. The lowest BCUT2D eigenvalue weighted by molar-refractivity contribution is -0.147. The topological polar surface area (TPSA) is 170 Å². The molecule has 1 aromatic rings. The van der Waals surface area contributed by atoms with Gasteiger partial charge in [0.25, 0.3) is 0 Å². The van der Waals surface area contributed by atoms with Gasteiger partial charge in [0.2, 0.25) is 0 Å². The average Bonchev–Trinajstić information content (AvgIpc) is 2.94. The number of carbonyl (C=O) groups excluding carboxylic acids is 3. The van der Waals surface area contributed by atoms with E-state index in [4.69, 9.17) is 34.2 Å². The van der Waals surface area contributed by atoms with Crippen molar-refractivity contribution >= 4 is 24.4 Å². The Hall–Kier alpha value is -3.54. The zero-order valence-electron chi connectivity index (χ0n) is 26.5. The van der Waals surface area contributed by atoms with E-state index < -0.39 is 48.1 Å². The Kier molecular flexibility index (Phi) is 16.5. The molecule has 0 aliphatic heterocycles. The van der Waals surface area contributed by atoms with Crippen LogP contribution in [0.1, 0.15) is 92.6 Å². The van der Waals surface area contributed by atoms with Crippen molar-refractivity contribution in [1.82, 2.24) is 0 Å². The fourth-order valence-electron chi connectivity index (χ4n) is 3.84. The van der Waals surface area contributed by atoms with Crippen LogP contribution in [0.5, 0.6) is 11.5 Å². The zero-order chi connectivity index (χ0) is 32.6. The molecule has 4 atom stereocenters. The lowest BCUT2D eigenvalue weighted by Crippen LogP contribution is -2.58. The van der Waals surface area contributed by atoms with E-state index in [9.17, 15) is 24.3 Å². The number of carboxylic acids is 1. The second-order valence-electron chi connectivity index (χ2n) is 11.0. The van der Waals surface area contributed by atoms with Gasteiger partial charge in [-0.3, -0.25) is 4.79 Å². The zero-order valence-corrected chi connectivity index (χ0v) is 26.5. The number of unbranched alkanes of at least 4 members (excludes halogenated alkanes) is 4. The van der Waals surface area contributed by atoms with E-state index in [0.29, 0.717) is 18.4 Å². The van der Waals surface area contributed by atoms with Crippen LogP contribution in [0, 0.1) is 11.8 Å². The average molecular weight is 612 g/mol. The standard InChI is InChI=1S/C31H49NO11/c1-8-10-12-16-38-28(35)42-25-15-14-24(18-26(25)43-29(36)39-17-13-11-9-2)19-31(32,27(33)34)21(5)23(7)41-30(37)40-22(6)20(3)4/h14-15,18,20-23H,8-13,16-17,19,32H2,1-7H3,(H,33,34)/t21-,22?,23+,31-/m1/s1. The molecule has 3 N–H and O–H groups in total. The Bertz CT molecular complexity index is 1040. The summed E-state index contributed by atoms with van der Waals surface area (Å²) in [5.74, 6) is -2.46. The van der Waals surface area contributed by atoms with E-state index in [2.05, 4.69) is 0 Å². The van der Waals surface area contributed by atoms with Crippen molar-refractivity contribution in [3.05, 3.63) is 23.8 Å². The van der Waals surface area contributed by atoms with Crippen molar-refractivity contribution in [2.45, 2.75) is 111 Å². The van der Waals surface area contributed by atoms with Gasteiger partial charge in [-0.2, -0.15) is 0 Å². The van der Waals surface area contributed by atoms with Gasteiger partial charge >= 0.3 is 24.4 Å². The molecule has 0 aliphatic rings. The number of nitrogens with two attached hydrogens (primary N) is 1. The summed E-state index contributed by atoms with van der Waals surface area (Å²) in [4.78, 5) is 49.3. The van der Waals surface area contributed by atoms with Crippen molar-refractivity contribution in [2.75, 3.05) is 13.2 Å². The van der Waals surface area contributed by atoms with Gasteiger partial charge < -0.3 is 39.3 Å². The van der Waals surface area contributed by atoms with Gasteiger partial charge in [-0.25, -0.2) is 14.4 Å². The smallest absolute Gasteiger partial charge is 0.480 e. The number of hydrogen-bond acceptors (Lipinski definition) is 11. The fraction of sp³-hybridized carbons (Fsp3) is 0.677. The number of hydrogen-bond donors (Lipinski definition) is 2. The number of carboxylic acid groups (broad SMARTS) is 1. The van der Waals surface area contributed by atoms with Crippen LogP contribution in [0.4, 0.5) is 14.4 Å². The van der Waals surface area contributed by atoms with Crippen molar-refractivity contribution in [2.24, 2.45) is 17.6 Å². The van der Waals surface area contributed by atoms with E-state index in [0.717, 1.165) is 25.7 Å². The third kappa shape index (κ3) is 13.1. The van der Waals surface area contributed by atoms with Crippen LogP contribution in [0.2, 0.25) is 0 Å². The van der Waals surface area contributed by atoms with Crippen molar-refractivity contribution in [3.8, 4) is 11.5 Å². The SMILES string of the molecule is CCCCCOC(=O)Oc1ccc(C[C@](N)(C(=O)O)[C@H](C)[C@H](C)OC(=O)OC(C)C(C)C)cc1OC(=O)OCCCCC. The Labute approximate surface area is 254 Å². The molecule has 1 rings (SSSR count). The van der Waals surface area contributed by atoms with Crippen LogP contribution < -0.4 is 15.2 Å².